The number of halogens is 2. The second-order valence-corrected chi connectivity index (χ2v) is 4.86. The average molecular weight is 314 g/mol. The first-order valence-electron chi connectivity index (χ1n) is 6.01. The van der Waals surface area contributed by atoms with Gasteiger partial charge < -0.3 is 4.74 Å². The Hall–Kier alpha value is -2.16. The van der Waals surface area contributed by atoms with Gasteiger partial charge in [0.2, 0.25) is 11.9 Å². The summed E-state index contributed by atoms with van der Waals surface area (Å²) in [5, 5.41) is 8.71. The normalized spacial score (nSPS) is 10.4. The number of benzene rings is 1. The van der Waals surface area contributed by atoms with Crippen molar-refractivity contribution in [3.63, 3.8) is 0 Å². The fourth-order valence-corrected chi connectivity index (χ4v) is 2.10. The number of amides is 1. The number of nitrogens with one attached hydrogen (secondary N) is 2. The van der Waals surface area contributed by atoms with Crippen LogP contribution in [-0.2, 0) is 4.79 Å². The van der Waals surface area contributed by atoms with Crippen molar-refractivity contribution in [1.82, 2.24) is 15.2 Å². The van der Waals surface area contributed by atoms with Crippen molar-refractivity contribution in [2.75, 3.05) is 17.7 Å². The Morgan fingerprint density at radius 1 is 1.43 bits per heavy atom. The molecule has 0 unspecified atom stereocenters. The summed E-state index contributed by atoms with van der Waals surface area (Å²) in [5.41, 5.74) is 0. The second-order valence-electron chi connectivity index (χ2n) is 3.81. The van der Waals surface area contributed by atoms with Gasteiger partial charge in [-0.25, -0.2) is 13.9 Å². The van der Waals surface area contributed by atoms with Gasteiger partial charge in [-0.05, 0) is 25.1 Å². The van der Waals surface area contributed by atoms with Crippen LogP contribution in [0, 0.1) is 11.6 Å². The van der Waals surface area contributed by atoms with Crippen molar-refractivity contribution in [2.24, 2.45) is 0 Å². The SMILES string of the molecule is CCOc1n[nH]c(NC(=O)CSc2ccc(F)c(F)c2)n1. The maximum absolute atomic E-state index is 13.0. The highest BCUT2D eigenvalue weighted by atomic mass is 32.2. The summed E-state index contributed by atoms with van der Waals surface area (Å²) in [6.07, 6.45) is 0. The van der Waals surface area contributed by atoms with Crippen LogP contribution in [-0.4, -0.2) is 33.4 Å². The third-order valence-corrected chi connectivity index (χ3v) is 3.25. The number of H-pyrrole nitrogens is 1. The maximum atomic E-state index is 13.0. The zero-order valence-electron chi connectivity index (χ0n) is 11.0. The first-order valence-corrected chi connectivity index (χ1v) is 7.00. The molecule has 6 nitrogen and oxygen atoms in total. The van der Waals surface area contributed by atoms with E-state index in [9.17, 15) is 13.6 Å². The van der Waals surface area contributed by atoms with Crippen LogP contribution in [0.15, 0.2) is 23.1 Å². The molecule has 0 radical (unpaired) electrons. The molecule has 0 saturated heterocycles. The van der Waals surface area contributed by atoms with Crippen molar-refractivity contribution in [3.8, 4) is 6.01 Å². The van der Waals surface area contributed by atoms with E-state index >= 15 is 0 Å². The molecule has 1 heterocycles. The molecule has 2 rings (SSSR count). The molecule has 9 heteroatoms. The fraction of sp³-hybridized carbons (Fsp3) is 0.250. The Kier molecular flexibility index (Phi) is 5.09. The largest absolute Gasteiger partial charge is 0.463 e. The predicted octanol–water partition coefficient (Wildman–Crippen LogP) is 2.21. The molecule has 1 amide bonds. The van der Waals surface area contributed by atoms with Crippen LogP contribution in [0.4, 0.5) is 14.7 Å². The molecular weight excluding hydrogens is 302 g/mol. The smallest absolute Gasteiger partial charge is 0.337 e. The molecule has 21 heavy (non-hydrogen) atoms. The number of carbonyl (C=O) groups excluding carboxylic acids is 1. The zero-order valence-corrected chi connectivity index (χ0v) is 11.8. The highest BCUT2D eigenvalue weighted by Gasteiger charge is 2.09. The molecular formula is C12H12F2N4O2S. The van der Waals surface area contributed by atoms with E-state index in [2.05, 4.69) is 20.5 Å². The quantitative estimate of drug-likeness (QED) is 0.799. The van der Waals surface area contributed by atoms with Gasteiger partial charge in [0.1, 0.15) is 0 Å². The number of thioether (sulfide) groups is 1. The molecule has 0 fully saturated rings. The van der Waals surface area contributed by atoms with Crippen molar-refractivity contribution in [3.05, 3.63) is 29.8 Å². The Labute approximate surface area is 123 Å². The molecule has 0 aliphatic carbocycles. The summed E-state index contributed by atoms with van der Waals surface area (Å²) in [6, 6.07) is 3.59. The zero-order chi connectivity index (χ0) is 15.2. The number of hydrogen-bond donors (Lipinski definition) is 2. The summed E-state index contributed by atoms with van der Waals surface area (Å²) in [5.74, 6) is -2.04. The molecule has 0 spiro atoms. The number of aromatic amines is 1. The first kappa shape index (κ1) is 15.2. The van der Waals surface area contributed by atoms with Gasteiger partial charge in [-0.2, -0.15) is 4.98 Å². The van der Waals surface area contributed by atoms with Crippen LogP contribution in [0.5, 0.6) is 6.01 Å². The van der Waals surface area contributed by atoms with Crippen molar-refractivity contribution in [1.29, 1.82) is 0 Å². The molecule has 0 aliphatic heterocycles. The third-order valence-electron chi connectivity index (χ3n) is 2.26. The van der Waals surface area contributed by atoms with E-state index in [-0.39, 0.29) is 23.6 Å². The van der Waals surface area contributed by atoms with Crippen molar-refractivity contribution in [2.45, 2.75) is 11.8 Å². The molecule has 2 aromatic rings. The van der Waals surface area contributed by atoms with Crippen LogP contribution < -0.4 is 10.1 Å². The minimum Gasteiger partial charge on any atom is -0.463 e. The van der Waals surface area contributed by atoms with Crippen molar-refractivity contribution < 1.29 is 18.3 Å². The Morgan fingerprint density at radius 3 is 2.95 bits per heavy atom. The molecule has 1 aromatic heterocycles. The molecule has 1 aromatic carbocycles. The molecule has 0 aliphatic rings. The minimum absolute atomic E-state index is 0.0236. The monoisotopic (exact) mass is 314 g/mol. The van der Waals surface area contributed by atoms with E-state index < -0.39 is 11.6 Å². The predicted molar refractivity (Wildman–Crippen MR) is 73.3 cm³/mol. The number of anilines is 1. The lowest BCUT2D eigenvalue weighted by molar-refractivity contribution is -0.113. The van der Waals surface area contributed by atoms with Crippen LogP contribution in [0.2, 0.25) is 0 Å². The van der Waals surface area contributed by atoms with Gasteiger partial charge in [-0.1, -0.05) is 0 Å². The number of hydrogen-bond acceptors (Lipinski definition) is 5. The Morgan fingerprint density at radius 2 is 2.24 bits per heavy atom. The fourth-order valence-electron chi connectivity index (χ4n) is 1.38. The van der Waals surface area contributed by atoms with Gasteiger partial charge >= 0.3 is 6.01 Å². The number of nitrogens with zero attached hydrogens (tertiary/aromatic N) is 2. The first-order chi connectivity index (χ1) is 10.1. The summed E-state index contributed by atoms with van der Waals surface area (Å²) in [7, 11) is 0. The lowest BCUT2D eigenvalue weighted by Gasteiger charge is -2.02. The minimum atomic E-state index is -0.947. The van der Waals surface area contributed by atoms with E-state index in [1.807, 2.05) is 0 Å². The van der Waals surface area contributed by atoms with Gasteiger partial charge in [-0.15, -0.1) is 16.9 Å². The van der Waals surface area contributed by atoms with Gasteiger partial charge in [0.05, 0.1) is 12.4 Å². The summed E-state index contributed by atoms with van der Waals surface area (Å²) in [4.78, 5) is 16.0. The molecule has 0 saturated carbocycles. The summed E-state index contributed by atoms with van der Waals surface area (Å²) in [6.45, 7) is 2.20. The highest BCUT2D eigenvalue weighted by Crippen LogP contribution is 2.20. The topological polar surface area (TPSA) is 79.9 Å². The molecule has 0 bridgehead atoms. The summed E-state index contributed by atoms with van der Waals surface area (Å²) >= 11 is 1.08. The van der Waals surface area contributed by atoms with Gasteiger partial charge in [0.25, 0.3) is 0 Å². The second kappa shape index (κ2) is 7.02. The van der Waals surface area contributed by atoms with Gasteiger partial charge in [-0.3, -0.25) is 10.1 Å². The molecule has 2 N–H and O–H groups in total. The van der Waals surface area contributed by atoms with E-state index in [1.165, 1.54) is 6.07 Å². The highest BCUT2D eigenvalue weighted by molar-refractivity contribution is 8.00. The van der Waals surface area contributed by atoms with E-state index in [0.717, 1.165) is 23.9 Å². The lowest BCUT2D eigenvalue weighted by Crippen LogP contribution is -2.15. The van der Waals surface area contributed by atoms with E-state index in [4.69, 9.17) is 4.74 Å². The Bertz CT molecular complexity index is 635. The van der Waals surface area contributed by atoms with E-state index in [1.54, 1.807) is 6.92 Å². The number of rotatable bonds is 6. The lowest BCUT2D eigenvalue weighted by atomic mass is 10.3. The van der Waals surface area contributed by atoms with Crippen LogP contribution in [0.25, 0.3) is 0 Å². The number of carbonyl (C=O) groups is 1. The Balaban J connectivity index is 1.85. The van der Waals surface area contributed by atoms with Crippen LogP contribution in [0.3, 0.4) is 0 Å². The number of ether oxygens (including phenoxy) is 1. The van der Waals surface area contributed by atoms with Crippen LogP contribution in [0.1, 0.15) is 6.92 Å². The van der Waals surface area contributed by atoms with Crippen molar-refractivity contribution >= 4 is 23.6 Å². The molecule has 112 valence electrons. The van der Waals surface area contributed by atoms with Crippen LogP contribution >= 0.6 is 11.8 Å². The molecule has 0 atom stereocenters. The maximum Gasteiger partial charge on any atom is 0.337 e. The van der Waals surface area contributed by atoms with Gasteiger partial charge in [0.15, 0.2) is 11.6 Å². The standard InChI is InChI=1S/C12H12F2N4O2S/c1-2-20-12-16-11(17-18-12)15-10(19)6-21-7-3-4-8(13)9(14)5-7/h3-5H,2,6H2,1H3,(H2,15,16,17,18,19). The average Bonchev–Trinajstić information content (AvgIpc) is 2.88. The summed E-state index contributed by atoms with van der Waals surface area (Å²) < 4.78 is 30.8. The number of aromatic nitrogens is 3. The van der Waals surface area contributed by atoms with E-state index in [0.29, 0.717) is 11.5 Å². The van der Waals surface area contributed by atoms with Gasteiger partial charge in [0, 0.05) is 4.90 Å². The third kappa shape index (κ3) is 4.42.